The molecular weight excluding hydrogens is 214 g/mol. The molecule has 0 aliphatic rings. The minimum atomic E-state index is -0.378. The first-order valence-electron chi connectivity index (χ1n) is 5.81. The lowest BCUT2D eigenvalue weighted by molar-refractivity contribution is -0.117. The third-order valence-corrected chi connectivity index (χ3v) is 2.37. The van der Waals surface area contributed by atoms with Crippen molar-refractivity contribution in [2.24, 2.45) is 0 Å². The van der Waals surface area contributed by atoms with Crippen LogP contribution in [0.2, 0.25) is 0 Å². The monoisotopic (exact) mass is 232 g/mol. The molecule has 1 amide bonds. The number of hydrogen-bond donors (Lipinski definition) is 2. The lowest BCUT2D eigenvalue weighted by Crippen LogP contribution is -2.22. The zero-order valence-electron chi connectivity index (χ0n) is 10.3. The van der Waals surface area contributed by atoms with E-state index in [0.29, 0.717) is 12.1 Å². The highest BCUT2D eigenvalue weighted by atomic mass is 16.3. The number of carbonyl (C=O) groups excluding carboxylic acids is 1. The van der Waals surface area contributed by atoms with Crippen LogP contribution in [0.15, 0.2) is 24.3 Å². The summed E-state index contributed by atoms with van der Waals surface area (Å²) in [5, 5.41) is 12.3. The zero-order chi connectivity index (χ0) is 12.7. The summed E-state index contributed by atoms with van der Waals surface area (Å²) in [6.07, 6.45) is 4.35. The molecule has 0 heterocycles. The second-order valence-electron chi connectivity index (χ2n) is 3.95. The van der Waals surface area contributed by atoms with Crippen molar-refractivity contribution < 1.29 is 9.90 Å². The van der Waals surface area contributed by atoms with E-state index >= 15 is 0 Å². The highest BCUT2D eigenvalue weighted by Gasteiger charge is 2.03. The third-order valence-electron chi connectivity index (χ3n) is 2.37. The van der Waals surface area contributed by atoms with Gasteiger partial charge in [-0.05, 0) is 13.3 Å². The van der Waals surface area contributed by atoms with Crippen molar-refractivity contribution >= 4 is 11.7 Å². The van der Waals surface area contributed by atoms with Crippen molar-refractivity contribution in [2.75, 3.05) is 6.54 Å². The number of rotatable bonds is 5. The Bertz CT molecular complexity index is 393. The molecule has 2 N–H and O–H groups in total. The van der Waals surface area contributed by atoms with Crippen LogP contribution >= 0.6 is 0 Å². The van der Waals surface area contributed by atoms with Gasteiger partial charge in [0, 0.05) is 12.1 Å². The molecule has 1 rings (SSSR count). The van der Waals surface area contributed by atoms with E-state index in [1.165, 1.54) is 0 Å². The maximum Gasteiger partial charge on any atom is 0.256 e. The van der Waals surface area contributed by atoms with Crippen LogP contribution in [-0.2, 0) is 4.79 Å². The van der Waals surface area contributed by atoms with Gasteiger partial charge in [0.05, 0.1) is 6.08 Å². The number of unbranched alkanes of at least 4 members (excludes halogenated alkanes) is 1. The standard InChI is InChI=1S/C14H18NO2/c1-3-4-9-15-14(17)10-13(16)12-7-5-11(2)6-8-12/h5-8,16H,3-4,9H2,1-2H3,(H,15,17). The largest absolute Gasteiger partial charge is 0.506 e. The summed E-state index contributed by atoms with van der Waals surface area (Å²) in [5.74, 6) is -0.504. The van der Waals surface area contributed by atoms with Gasteiger partial charge in [0.2, 0.25) is 0 Å². The smallest absolute Gasteiger partial charge is 0.256 e. The normalized spacial score (nSPS) is 11.3. The Kier molecular flexibility index (Phi) is 5.27. The Balaban J connectivity index is 2.59. The van der Waals surface area contributed by atoms with Crippen LogP contribution in [-0.4, -0.2) is 17.6 Å². The van der Waals surface area contributed by atoms with Crippen LogP contribution < -0.4 is 5.32 Å². The van der Waals surface area contributed by atoms with E-state index in [1.54, 1.807) is 12.1 Å². The van der Waals surface area contributed by atoms with Gasteiger partial charge in [0.25, 0.3) is 5.91 Å². The van der Waals surface area contributed by atoms with Crippen molar-refractivity contribution in [1.82, 2.24) is 5.32 Å². The first kappa shape index (κ1) is 13.3. The highest BCUT2D eigenvalue weighted by molar-refractivity contribution is 5.89. The minimum absolute atomic E-state index is 0.126. The summed E-state index contributed by atoms with van der Waals surface area (Å²) in [4.78, 5) is 11.4. The van der Waals surface area contributed by atoms with Gasteiger partial charge in [-0.15, -0.1) is 0 Å². The Labute approximate surface area is 102 Å². The van der Waals surface area contributed by atoms with Gasteiger partial charge in [0.1, 0.15) is 5.76 Å². The van der Waals surface area contributed by atoms with E-state index < -0.39 is 0 Å². The summed E-state index contributed by atoms with van der Waals surface area (Å²) in [6.45, 7) is 4.63. The van der Waals surface area contributed by atoms with Crippen molar-refractivity contribution in [3.05, 3.63) is 41.5 Å². The molecule has 0 saturated carbocycles. The molecule has 0 atom stereocenters. The summed E-state index contributed by atoms with van der Waals surface area (Å²) in [5.41, 5.74) is 1.70. The van der Waals surface area contributed by atoms with Crippen molar-refractivity contribution in [2.45, 2.75) is 26.7 Å². The molecule has 91 valence electrons. The average molecular weight is 232 g/mol. The molecule has 1 aromatic rings. The van der Waals surface area contributed by atoms with Gasteiger partial charge in [-0.2, -0.15) is 0 Å². The Morgan fingerprint density at radius 1 is 1.35 bits per heavy atom. The van der Waals surface area contributed by atoms with E-state index in [-0.39, 0.29) is 11.7 Å². The second kappa shape index (κ2) is 6.74. The predicted molar refractivity (Wildman–Crippen MR) is 68.4 cm³/mol. The zero-order valence-corrected chi connectivity index (χ0v) is 10.3. The van der Waals surface area contributed by atoms with Gasteiger partial charge in [-0.25, -0.2) is 0 Å². The molecule has 0 spiro atoms. The molecule has 0 bridgehead atoms. The van der Waals surface area contributed by atoms with E-state index in [4.69, 9.17) is 0 Å². The SMILES string of the molecule is CCCCNC(=O)/[C]=C(/O)c1ccc(C)cc1. The summed E-state index contributed by atoms with van der Waals surface area (Å²) in [6, 6.07) is 7.28. The van der Waals surface area contributed by atoms with Gasteiger partial charge in [-0.1, -0.05) is 43.2 Å². The third kappa shape index (κ3) is 4.72. The Morgan fingerprint density at radius 3 is 2.59 bits per heavy atom. The fourth-order valence-electron chi connectivity index (χ4n) is 1.31. The molecule has 0 aliphatic heterocycles. The number of nitrogens with one attached hydrogen (secondary N) is 1. The number of aliphatic hydroxyl groups is 1. The number of amides is 1. The number of aliphatic hydroxyl groups excluding tert-OH is 1. The maximum atomic E-state index is 11.4. The van der Waals surface area contributed by atoms with Gasteiger partial charge >= 0.3 is 0 Å². The Morgan fingerprint density at radius 2 is 2.00 bits per heavy atom. The first-order chi connectivity index (χ1) is 8.13. The van der Waals surface area contributed by atoms with Gasteiger partial charge in [-0.3, -0.25) is 4.79 Å². The molecule has 0 unspecified atom stereocenters. The fourth-order valence-corrected chi connectivity index (χ4v) is 1.31. The maximum absolute atomic E-state index is 11.4. The number of hydrogen-bond acceptors (Lipinski definition) is 2. The molecule has 0 saturated heterocycles. The quantitative estimate of drug-likeness (QED) is 0.466. The first-order valence-corrected chi connectivity index (χ1v) is 5.81. The lowest BCUT2D eigenvalue weighted by Gasteiger charge is -2.02. The lowest BCUT2D eigenvalue weighted by atomic mass is 10.1. The van der Waals surface area contributed by atoms with E-state index in [2.05, 4.69) is 18.3 Å². The van der Waals surface area contributed by atoms with Crippen molar-refractivity contribution in [3.8, 4) is 0 Å². The minimum Gasteiger partial charge on any atom is -0.506 e. The molecule has 17 heavy (non-hydrogen) atoms. The number of carbonyl (C=O) groups is 1. The highest BCUT2D eigenvalue weighted by Crippen LogP contribution is 2.11. The molecular formula is C14H18NO2. The molecule has 1 radical (unpaired) electrons. The van der Waals surface area contributed by atoms with Crippen LogP contribution in [0.1, 0.15) is 30.9 Å². The van der Waals surface area contributed by atoms with Crippen LogP contribution in [0.3, 0.4) is 0 Å². The van der Waals surface area contributed by atoms with E-state index in [9.17, 15) is 9.90 Å². The van der Waals surface area contributed by atoms with Gasteiger partial charge < -0.3 is 10.4 Å². The topological polar surface area (TPSA) is 49.3 Å². The summed E-state index contributed by atoms with van der Waals surface area (Å²) >= 11 is 0. The van der Waals surface area contributed by atoms with Crippen molar-refractivity contribution in [3.63, 3.8) is 0 Å². The van der Waals surface area contributed by atoms with Crippen molar-refractivity contribution in [1.29, 1.82) is 0 Å². The van der Waals surface area contributed by atoms with Crippen LogP contribution in [0.25, 0.3) is 5.76 Å². The Hall–Kier alpha value is -1.77. The molecule has 3 heteroatoms. The summed E-state index contributed by atoms with van der Waals surface area (Å²) in [7, 11) is 0. The number of benzene rings is 1. The summed E-state index contributed by atoms with van der Waals surface area (Å²) < 4.78 is 0. The average Bonchev–Trinajstić information content (AvgIpc) is 2.30. The van der Waals surface area contributed by atoms with E-state index in [1.807, 2.05) is 19.1 Å². The molecule has 3 nitrogen and oxygen atoms in total. The molecule has 0 fully saturated rings. The van der Waals surface area contributed by atoms with Gasteiger partial charge in [0.15, 0.2) is 0 Å². The predicted octanol–water partition coefficient (Wildman–Crippen LogP) is 2.61. The van der Waals surface area contributed by atoms with E-state index in [0.717, 1.165) is 18.4 Å². The fraction of sp³-hybridized carbons (Fsp3) is 0.357. The van der Waals surface area contributed by atoms with Crippen LogP contribution in [0, 0.1) is 13.0 Å². The molecule has 1 aromatic carbocycles. The molecule has 0 aromatic heterocycles. The van der Waals surface area contributed by atoms with Crippen LogP contribution in [0.5, 0.6) is 0 Å². The van der Waals surface area contributed by atoms with Crippen LogP contribution in [0.4, 0.5) is 0 Å². The molecule has 0 aliphatic carbocycles. The second-order valence-corrected chi connectivity index (χ2v) is 3.95. The number of aryl methyl sites for hydroxylation is 1.